The van der Waals surface area contributed by atoms with Crippen molar-refractivity contribution in [2.24, 2.45) is 17.0 Å². The van der Waals surface area contributed by atoms with Gasteiger partial charge in [-0.25, -0.2) is 0 Å². The highest BCUT2D eigenvalue weighted by Crippen LogP contribution is 2.42. The largest absolute Gasteiger partial charge is 0.331 e. The van der Waals surface area contributed by atoms with Crippen LogP contribution in [0.2, 0.25) is 0 Å². The summed E-state index contributed by atoms with van der Waals surface area (Å²) in [6.45, 7) is 9.86. The van der Waals surface area contributed by atoms with Crippen molar-refractivity contribution in [3.8, 4) is 0 Å². The van der Waals surface area contributed by atoms with Crippen LogP contribution in [0.15, 0.2) is 48.1 Å². The van der Waals surface area contributed by atoms with Crippen LogP contribution < -0.4 is 0 Å². The SMILES string of the molecule is C=CCC(N=[N+]=[N-])[C@@H]1[C@H](C(C)C)C(=O)N1[C@@H](C)c1ccccc1. The molecule has 5 heteroatoms. The highest BCUT2D eigenvalue weighted by atomic mass is 16.2. The van der Waals surface area contributed by atoms with E-state index in [1.54, 1.807) is 6.08 Å². The number of hydrogen-bond donors (Lipinski definition) is 0. The molecule has 0 bridgehead atoms. The zero-order valence-corrected chi connectivity index (χ0v) is 14.0. The minimum atomic E-state index is -0.270. The Labute approximate surface area is 137 Å². The third-order valence-corrected chi connectivity index (χ3v) is 4.65. The van der Waals surface area contributed by atoms with Crippen LogP contribution >= 0.6 is 0 Å². The van der Waals surface area contributed by atoms with E-state index in [-0.39, 0.29) is 35.9 Å². The summed E-state index contributed by atoms with van der Waals surface area (Å²) in [6, 6.07) is 9.56. The first-order valence-corrected chi connectivity index (χ1v) is 8.05. The van der Waals surface area contributed by atoms with Gasteiger partial charge in [-0.2, -0.15) is 0 Å². The number of nitrogens with zero attached hydrogens (tertiary/aromatic N) is 4. The molecule has 23 heavy (non-hydrogen) atoms. The molecule has 1 saturated heterocycles. The molecule has 122 valence electrons. The second-order valence-corrected chi connectivity index (χ2v) is 6.39. The monoisotopic (exact) mass is 312 g/mol. The van der Waals surface area contributed by atoms with Crippen molar-refractivity contribution in [3.05, 3.63) is 59.0 Å². The second kappa shape index (κ2) is 7.34. The smallest absolute Gasteiger partial charge is 0.228 e. The molecular formula is C18H24N4O. The van der Waals surface area contributed by atoms with Gasteiger partial charge < -0.3 is 4.90 Å². The van der Waals surface area contributed by atoms with Gasteiger partial charge in [-0.15, -0.1) is 6.58 Å². The fourth-order valence-corrected chi connectivity index (χ4v) is 3.49. The molecule has 1 fully saturated rings. The fraction of sp³-hybridized carbons (Fsp3) is 0.500. The summed E-state index contributed by atoms with van der Waals surface area (Å²) < 4.78 is 0. The molecule has 0 saturated carbocycles. The van der Waals surface area contributed by atoms with Gasteiger partial charge in [0.25, 0.3) is 0 Å². The minimum absolute atomic E-state index is 0.0371. The Bertz CT molecular complexity index is 607. The molecule has 1 aliphatic rings. The number of azide groups is 1. The van der Waals surface area contributed by atoms with Gasteiger partial charge in [0.05, 0.1) is 24.0 Å². The third kappa shape index (κ3) is 3.25. The number of carbonyl (C=O) groups is 1. The van der Waals surface area contributed by atoms with E-state index in [0.717, 1.165) is 5.56 Å². The summed E-state index contributed by atoms with van der Waals surface area (Å²) in [4.78, 5) is 17.6. The van der Waals surface area contributed by atoms with E-state index in [4.69, 9.17) is 5.53 Å². The van der Waals surface area contributed by atoms with Crippen LogP contribution in [0.3, 0.4) is 0 Å². The highest BCUT2D eigenvalue weighted by Gasteiger charge is 2.53. The van der Waals surface area contributed by atoms with Crippen LogP contribution in [0.25, 0.3) is 10.4 Å². The first kappa shape index (κ1) is 17.1. The third-order valence-electron chi connectivity index (χ3n) is 4.65. The maximum absolute atomic E-state index is 12.7. The Morgan fingerprint density at radius 1 is 1.35 bits per heavy atom. The molecule has 2 rings (SSSR count). The molecular weight excluding hydrogens is 288 g/mol. The van der Waals surface area contributed by atoms with Crippen molar-refractivity contribution in [1.82, 2.24) is 4.90 Å². The van der Waals surface area contributed by atoms with Crippen LogP contribution in [0, 0.1) is 11.8 Å². The average molecular weight is 312 g/mol. The Balaban J connectivity index is 2.34. The van der Waals surface area contributed by atoms with Crippen molar-refractivity contribution in [2.75, 3.05) is 0 Å². The van der Waals surface area contributed by atoms with Crippen LogP contribution in [-0.2, 0) is 4.79 Å². The van der Waals surface area contributed by atoms with Gasteiger partial charge in [0.15, 0.2) is 0 Å². The lowest BCUT2D eigenvalue weighted by Gasteiger charge is -2.54. The molecule has 0 spiro atoms. The van der Waals surface area contributed by atoms with Crippen molar-refractivity contribution in [2.45, 2.75) is 45.3 Å². The molecule has 1 unspecified atom stereocenters. The average Bonchev–Trinajstić information content (AvgIpc) is 2.52. The van der Waals surface area contributed by atoms with Crippen LogP contribution in [0.4, 0.5) is 0 Å². The zero-order chi connectivity index (χ0) is 17.0. The normalized spacial score (nSPS) is 23.0. The zero-order valence-electron chi connectivity index (χ0n) is 14.0. The molecule has 1 amide bonds. The number of hydrogen-bond acceptors (Lipinski definition) is 2. The lowest BCUT2D eigenvalue weighted by atomic mass is 9.73. The topological polar surface area (TPSA) is 69.1 Å². The van der Waals surface area contributed by atoms with Gasteiger partial charge in [0, 0.05) is 4.91 Å². The Hall–Kier alpha value is -2.26. The maximum atomic E-state index is 12.7. The number of carbonyl (C=O) groups excluding carboxylic acids is 1. The predicted octanol–water partition coefficient (Wildman–Crippen LogP) is 4.49. The van der Waals surface area contributed by atoms with E-state index < -0.39 is 0 Å². The predicted molar refractivity (Wildman–Crippen MR) is 91.6 cm³/mol. The molecule has 5 nitrogen and oxygen atoms in total. The number of β-lactam (4-membered cyclic amide) rings is 1. The molecule has 0 radical (unpaired) electrons. The number of benzene rings is 1. The number of amides is 1. The van der Waals surface area contributed by atoms with Gasteiger partial charge in [0.1, 0.15) is 0 Å². The number of likely N-dealkylation sites (tertiary alicyclic amines) is 1. The lowest BCUT2D eigenvalue weighted by Crippen LogP contribution is -2.66. The van der Waals surface area contributed by atoms with E-state index >= 15 is 0 Å². The lowest BCUT2D eigenvalue weighted by molar-refractivity contribution is -0.166. The Kier molecular flexibility index (Phi) is 5.45. The molecule has 1 aromatic carbocycles. The van der Waals surface area contributed by atoms with Gasteiger partial charge >= 0.3 is 0 Å². The van der Waals surface area contributed by atoms with Gasteiger partial charge in [0.2, 0.25) is 5.91 Å². The number of rotatable bonds is 7. The van der Waals surface area contributed by atoms with Crippen LogP contribution in [0.1, 0.15) is 38.8 Å². The Morgan fingerprint density at radius 3 is 2.52 bits per heavy atom. The quantitative estimate of drug-likeness (QED) is 0.240. The van der Waals surface area contributed by atoms with Crippen LogP contribution in [0.5, 0.6) is 0 Å². The standard InChI is InChI=1S/C18H24N4O/c1-5-9-15(20-21-19)17-16(12(2)3)18(23)22(17)13(4)14-10-7-6-8-11-14/h5-8,10-13,15-17H,1,9H2,2-4H3/t13-,15?,16-,17+/m0/s1. The van der Waals surface area contributed by atoms with E-state index in [1.807, 2.05) is 56.0 Å². The minimum Gasteiger partial charge on any atom is -0.331 e. The van der Waals surface area contributed by atoms with Crippen molar-refractivity contribution in [3.63, 3.8) is 0 Å². The molecule has 0 N–H and O–H groups in total. The van der Waals surface area contributed by atoms with Crippen molar-refractivity contribution < 1.29 is 4.79 Å². The summed E-state index contributed by atoms with van der Waals surface area (Å²) in [5, 5.41) is 3.94. The van der Waals surface area contributed by atoms with Crippen LogP contribution in [-0.4, -0.2) is 22.9 Å². The van der Waals surface area contributed by atoms with Gasteiger partial charge in [-0.3, -0.25) is 4.79 Å². The molecule has 4 atom stereocenters. The van der Waals surface area contributed by atoms with E-state index in [0.29, 0.717) is 6.42 Å². The fourth-order valence-electron chi connectivity index (χ4n) is 3.49. The first-order valence-electron chi connectivity index (χ1n) is 8.05. The molecule has 1 aromatic rings. The summed E-state index contributed by atoms with van der Waals surface area (Å²) in [6.07, 6.45) is 2.33. The Morgan fingerprint density at radius 2 is 2.00 bits per heavy atom. The maximum Gasteiger partial charge on any atom is 0.228 e. The molecule has 0 aliphatic carbocycles. The molecule has 0 aromatic heterocycles. The van der Waals surface area contributed by atoms with Crippen molar-refractivity contribution >= 4 is 5.91 Å². The van der Waals surface area contributed by atoms with E-state index in [1.165, 1.54) is 0 Å². The second-order valence-electron chi connectivity index (χ2n) is 6.39. The first-order chi connectivity index (χ1) is 11.0. The molecule has 1 aliphatic heterocycles. The van der Waals surface area contributed by atoms with Gasteiger partial charge in [-0.1, -0.05) is 55.4 Å². The summed E-state index contributed by atoms with van der Waals surface area (Å²) >= 11 is 0. The van der Waals surface area contributed by atoms with Gasteiger partial charge in [-0.05, 0) is 30.4 Å². The van der Waals surface area contributed by atoms with E-state index in [9.17, 15) is 4.79 Å². The van der Waals surface area contributed by atoms with Crippen molar-refractivity contribution in [1.29, 1.82) is 0 Å². The summed E-state index contributed by atoms with van der Waals surface area (Å²) in [7, 11) is 0. The highest BCUT2D eigenvalue weighted by molar-refractivity contribution is 5.87. The summed E-state index contributed by atoms with van der Waals surface area (Å²) in [5.74, 6) is 0.257. The molecule has 1 heterocycles. The van der Waals surface area contributed by atoms with E-state index in [2.05, 4.69) is 16.6 Å². The summed E-state index contributed by atoms with van der Waals surface area (Å²) in [5.41, 5.74) is 9.97.